The van der Waals surface area contributed by atoms with Gasteiger partial charge in [-0.15, -0.1) is 0 Å². The highest BCUT2D eigenvalue weighted by atomic mass is 32.2. The van der Waals surface area contributed by atoms with Crippen LogP contribution in [0.2, 0.25) is 0 Å². The molecule has 90 valence electrons. The number of nitrogens with zero attached hydrogens (tertiary/aromatic N) is 1. The number of sulfone groups is 1. The first-order chi connectivity index (χ1) is 6.74. The lowest BCUT2D eigenvalue weighted by atomic mass is 10.2. The molecule has 0 aliphatic rings. The number of aliphatic carboxylic acids is 1. The number of rotatable bonds is 7. The SMILES string of the molecule is CC(CS(=O)(=O)CCCN(C)C)C(=O)O. The maximum Gasteiger partial charge on any atom is 0.307 e. The molecule has 6 heteroatoms. The van der Waals surface area contributed by atoms with Gasteiger partial charge in [-0.3, -0.25) is 4.79 Å². The van der Waals surface area contributed by atoms with Gasteiger partial charge in [0, 0.05) is 0 Å². The summed E-state index contributed by atoms with van der Waals surface area (Å²) in [4.78, 5) is 12.4. The summed E-state index contributed by atoms with van der Waals surface area (Å²) in [7, 11) is 0.506. The summed E-state index contributed by atoms with van der Waals surface area (Å²) in [5.74, 6) is -2.10. The lowest BCUT2D eigenvalue weighted by molar-refractivity contribution is -0.140. The van der Waals surface area contributed by atoms with Crippen molar-refractivity contribution in [2.24, 2.45) is 5.92 Å². The average Bonchev–Trinajstić information content (AvgIpc) is 2.01. The highest BCUT2D eigenvalue weighted by Gasteiger charge is 2.20. The number of carbonyl (C=O) groups is 1. The topological polar surface area (TPSA) is 74.7 Å². The van der Waals surface area contributed by atoms with E-state index in [1.54, 1.807) is 0 Å². The Balaban J connectivity index is 4.03. The van der Waals surface area contributed by atoms with E-state index in [1.165, 1.54) is 6.92 Å². The molecule has 0 amide bonds. The van der Waals surface area contributed by atoms with Crippen LogP contribution in [-0.2, 0) is 14.6 Å². The lowest BCUT2D eigenvalue weighted by Crippen LogP contribution is -2.24. The van der Waals surface area contributed by atoms with Gasteiger partial charge in [-0.05, 0) is 27.1 Å². The van der Waals surface area contributed by atoms with E-state index in [4.69, 9.17) is 5.11 Å². The van der Waals surface area contributed by atoms with Crippen LogP contribution in [0, 0.1) is 5.92 Å². The van der Waals surface area contributed by atoms with Crippen molar-refractivity contribution < 1.29 is 18.3 Å². The molecule has 1 N–H and O–H groups in total. The summed E-state index contributed by atoms with van der Waals surface area (Å²) in [5.41, 5.74) is 0. The zero-order valence-corrected chi connectivity index (χ0v) is 10.2. The van der Waals surface area contributed by atoms with Crippen molar-refractivity contribution in [3.05, 3.63) is 0 Å². The molecular formula is C9H19NO4S. The summed E-state index contributed by atoms with van der Waals surface area (Å²) in [6, 6.07) is 0. The Labute approximate surface area is 91.0 Å². The van der Waals surface area contributed by atoms with Crippen molar-refractivity contribution in [3.63, 3.8) is 0 Å². The molecule has 0 rings (SSSR count). The molecule has 0 heterocycles. The molecule has 0 spiro atoms. The Kier molecular flexibility index (Phi) is 5.82. The average molecular weight is 237 g/mol. The van der Waals surface area contributed by atoms with Gasteiger partial charge < -0.3 is 10.0 Å². The third-order valence-electron chi connectivity index (χ3n) is 1.99. The first-order valence-electron chi connectivity index (χ1n) is 4.82. The number of hydrogen-bond donors (Lipinski definition) is 1. The Bertz CT molecular complexity index is 297. The smallest absolute Gasteiger partial charge is 0.307 e. The molecule has 0 aliphatic heterocycles. The van der Waals surface area contributed by atoms with E-state index < -0.39 is 21.7 Å². The van der Waals surface area contributed by atoms with Crippen LogP contribution in [0.4, 0.5) is 0 Å². The third kappa shape index (κ3) is 7.33. The van der Waals surface area contributed by atoms with E-state index in [1.807, 2.05) is 19.0 Å². The summed E-state index contributed by atoms with van der Waals surface area (Å²) in [5, 5.41) is 8.59. The zero-order chi connectivity index (χ0) is 12.1. The van der Waals surface area contributed by atoms with Gasteiger partial charge in [0.2, 0.25) is 0 Å². The van der Waals surface area contributed by atoms with E-state index in [2.05, 4.69) is 0 Å². The Morgan fingerprint density at radius 3 is 2.33 bits per heavy atom. The lowest BCUT2D eigenvalue weighted by Gasteiger charge is -2.10. The molecule has 0 fully saturated rings. The van der Waals surface area contributed by atoms with E-state index >= 15 is 0 Å². The second-order valence-electron chi connectivity index (χ2n) is 4.01. The Morgan fingerprint density at radius 1 is 1.40 bits per heavy atom. The summed E-state index contributed by atoms with van der Waals surface area (Å²) in [6.45, 7) is 2.10. The van der Waals surface area contributed by atoms with Gasteiger partial charge in [0.15, 0.2) is 9.84 Å². The fourth-order valence-corrected chi connectivity index (χ4v) is 2.78. The molecule has 15 heavy (non-hydrogen) atoms. The van der Waals surface area contributed by atoms with Gasteiger partial charge >= 0.3 is 5.97 Å². The first-order valence-corrected chi connectivity index (χ1v) is 6.64. The van der Waals surface area contributed by atoms with Gasteiger partial charge in [0.25, 0.3) is 0 Å². The number of hydrogen-bond acceptors (Lipinski definition) is 4. The van der Waals surface area contributed by atoms with Gasteiger partial charge in [-0.25, -0.2) is 8.42 Å². The predicted molar refractivity (Wildman–Crippen MR) is 58.6 cm³/mol. The van der Waals surface area contributed by atoms with Crippen LogP contribution >= 0.6 is 0 Å². The largest absolute Gasteiger partial charge is 0.481 e. The first kappa shape index (κ1) is 14.4. The molecule has 5 nitrogen and oxygen atoms in total. The van der Waals surface area contributed by atoms with Crippen LogP contribution in [0.25, 0.3) is 0 Å². The van der Waals surface area contributed by atoms with Crippen molar-refractivity contribution in [1.29, 1.82) is 0 Å². The minimum atomic E-state index is -3.23. The van der Waals surface area contributed by atoms with E-state index in [0.29, 0.717) is 13.0 Å². The van der Waals surface area contributed by atoms with Gasteiger partial charge in [-0.2, -0.15) is 0 Å². The van der Waals surface area contributed by atoms with Crippen LogP contribution in [0.1, 0.15) is 13.3 Å². The fraction of sp³-hybridized carbons (Fsp3) is 0.889. The van der Waals surface area contributed by atoms with E-state index in [-0.39, 0.29) is 11.5 Å². The predicted octanol–water partition coefficient (Wildman–Crippen LogP) is 0.0736. The molecule has 0 aromatic rings. The highest BCUT2D eigenvalue weighted by Crippen LogP contribution is 2.04. The van der Waals surface area contributed by atoms with E-state index in [9.17, 15) is 13.2 Å². The van der Waals surface area contributed by atoms with Gasteiger partial charge in [0.1, 0.15) is 0 Å². The quantitative estimate of drug-likeness (QED) is 0.678. The van der Waals surface area contributed by atoms with Crippen molar-refractivity contribution >= 4 is 15.8 Å². The number of carboxylic acids is 1. The van der Waals surface area contributed by atoms with Crippen LogP contribution < -0.4 is 0 Å². The van der Waals surface area contributed by atoms with Crippen molar-refractivity contribution in [2.75, 3.05) is 32.1 Å². The fourth-order valence-electron chi connectivity index (χ4n) is 1.14. The highest BCUT2D eigenvalue weighted by molar-refractivity contribution is 7.91. The molecular weight excluding hydrogens is 218 g/mol. The summed E-state index contributed by atoms with van der Waals surface area (Å²) >= 11 is 0. The van der Waals surface area contributed by atoms with Crippen LogP contribution in [0.15, 0.2) is 0 Å². The normalized spacial score (nSPS) is 14.1. The van der Waals surface area contributed by atoms with Crippen molar-refractivity contribution in [2.45, 2.75) is 13.3 Å². The van der Waals surface area contributed by atoms with E-state index in [0.717, 1.165) is 0 Å². The minimum Gasteiger partial charge on any atom is -0.481 e. The monoisotopic (exact) mass is 237 g/mol. The van der Waals surface area contributed by atoms with Gasteiger partial charge in [-0.1, -0.05) is 6.92 Å². The zero-order valence-electron chi connectivity index (χ0n) is 9.43. The second-order valence-corrected chi connectivity index (χ2v) is 6.24. The van der Waals surface area contributed by atoms with Gasteiger partial charge in [0.05, 0.1) is 17.4 Å². The number of carboxylic acid groups (broad SMARTS) is 1. The molecule has 0 bridgehead atoms. The Hall–Kier alpha value is -0.620. The maximum absolute atomic E-state index is 11.4. The van der Waals surface area contributed by atoms with Crippen molar-refractivity contribution in [1.82, 2.24) is 4.90 Å². The van der Waals surface area contributed by atoms with Crippen LogP contribution in [0.3, 0.4) is 0 Å². The molecule has 0 saturated heterocycles. The summed E-state index contributed by atoms with van der Waals surface area (Å²) in [6.07, 6.45) is 0.543. The Morgan fingerprint density at radius 2 is 1.93 bits per heavy atom. The molecule has 0 aliphatic carbocycles. The van der Waals surface area contributed by atoms with Crippen LogP contribution in [-0.4, -0.2) is 56.5 Å². The standard InChI is InChI=1S/C9H19NO4S/c1-8(9(11)12)7-15(13,14)6-4-5-10(2)3/h8H,4-7H2,1-3H3,(H,11,12). The molecule has 1 atom stereocenters. The summed E-state index contributed by atoms with van der Waals surface area (Å²) < 4.78 is 22.9. The second kappa shape index (κ2) is 6.07. The van der Waals surface area contributed by atoms with Crippen molar-refractivity contribution in [3.8, 4) is 0 Å². The molecule has 0 aromatic heterocycles. The third-order valence-corrected chi connectivity index (χ3v) is 3.90. The molecule has 0 saturated carbocycles. The molecule has 1 unspecified atom stereocenters. The van der Waals surface area contributed by atoms with Crippen LogP contribution in [0.5, 0.6) is 0 Å². The minimum absolute atomic E-state index is 0.0583. The molecule has 0 radical (unpaired) electrons. The maximum atomic E-state index is 11.4. The molecule has 0 aromatic carbocycles.